The number of hydrogen-bond acceptors (Lipinski definition) is 6. The Morgan fingerprint density at radius 2 is 1.88 bits per heavy atom. The third-order valence-corrected chi connectivity index (χ3v) is 2.54. The van der Waals surface area contributed by atoms with Crippen LogP contribution in [0.5, 0.6) is 0 Å². The summed E-state index contributed by atoms with van der Waals surface area (Å²) in [7, 11) is 0. The summed E-state index contributed by atoms with van der Waals surface area (Å²) in [5.74, 6) is 0.647. The van der Waals surface area contributed by atoms with Gasteiger partial charge in [0.15, 0.2) is 6.29 Å². The van der Waals surface area contributed by atoms with Crippen molar-refractivity contribution in [1.29, 1.82) is 0 Å². The molecule has 0 N–H and O–H groups in total. The summed E-state index contributed by atoms with van der Waals surface area (Å²) in [5.41, 5.74) is 0.488. The molecule has 2 rings (SSSR count). The van der Waals surface area contributed by atoms with Gasteiger partial charge in [-0.15, -0.1) is 5.06 Å². The van der Waals surface area contributed by atoms with Crippen LogP contribution in [0.4, 0.5) is 5.95 Å². The molecule has 0 amide bonds. The molecule has 6 nitrogen and oxygen atoms in total. The van der Waals surface area contributed by atoms with Crippen molar-refractivity contribution in [2.75, 3.05) is 31.1 Å². The van der Waals surface area contributed by atoms with Gasteiger partial charge in [-0.2, -0.15) is 0 Å². The van der Waals surface area contributed by atoms with Crippen molar-refractivity contribution < 1.29 is 9.63 Å². The highest BCUT2D eigenvalue weighted by molar-refractivity contribution is 5.73. The number of hydroxylamine groups is 2. The number of rotatable bonds is 4. The quantitative estimate of drug-likeness (QED) is 0.558. The number of aldehydes is 1. The first kappa shape index (κ1) is 11.5. The van der Waals surface area contributed by atoms with Crippen molar-refractivity contribution in [3.05, 3.63) is 30.8 Å². The molecule has 1 aliphatic rings. The second-order valence-corrected chi connectivity index (χ2v) is 3.62. The molecule has 1 saturated heterocycles. The summed E-state index contributed by atoms with van der Waals surface area (Å²) >= 11 is 0. The van der Waals surface area contributed by atoms with Crippen LogP contribution in [-0.4, -0.2) is 47.5 Å². The third kappa shape index (κ3) is 2.79. The number of anilines is 1. The van der Waals surface area contributed by atoms with Gasteiger partial charge < -0.3 is 9.74 Å². The first-order valence-electron chi connectivity index (χ1n) is 5.38. The Bertz CT molecular complexity index is 385. The molecule has 17 heavy (non-hydrogen) atoms. The molecular formula is C11H14N4O2. The Hall–Kier alpha value is -1.95. The number of aromatic nitrogens is 2. The number of nitrogens with zero attached hydrogens (tertiary/aromatic N) is 4. The van der Waals surface area contributed by atoms with Gasteiger partial charge in [-0.25, -0.2) is 9.97 Å². The van der Waals surface area contributed by atoms with E-state index in [9.17, 15) is 4.79 Å². The van der Waals surface area contributed by atoms with Gasteiger partial charge in [0.2, 0.25) is 5.95 Å². The van der Waals surface area contributed by atoms with Gasteiger partial charge in [0, 0.05) is 25.5 Å². The molecule has 6 heteroatoms. The normalized spacial score (nSPS) is 16.6. The number of hydrogen-bond donors (Lipinski definition) is 0. The Balaban J connectivity index is 1.95. The van der Waals surface area contributed by atoms with E-state index in [-0.39, 0.29) is 0 Å². The average Bonchev–Trinajstić information content (AvgIpc) is 2.40. The minimum Gasteiger partial charge on any atom is -0.414 e. The fourth-order valence-corrected chi connectivity index (χ4v) is 1.65. The molecule has 1 fully saturated rings. The van der Waals surface area contributed by atoms with E-state index in [0.717, 1.165) is 32.5 Å². The first-order valence-corrected chi connectivity index (χ1v) is 5.38. The highest BCUT2D eigenvalue weighted by Gasteiger charge is 2.19. The maximum Gasteiger partial charge on any atom is 0.225 e. The van der Waals surface area contributed by atoms with Gasteiger partial charge >= 0.3 is 0 Å². The number of carbonyl (C=O) groups excluding carboxylic acids is 1. The van der Waals surface area contributed by atoms with E-state index in [1.54, 1.807) is 0 Å². The zero-order valence-electron chi connectivity index (χ0n) is 9.45. The van der Waals surface area contributed by atoms with Crippen molar-refractivity contribution in [1.82, 2.24) is 15.0 Å². The molecule has 0 aromatic carbocycles. The van der Waals surface area contributed by atoms with Crippen molar-refractivity contribution in [3.63, 3.8) is 0 Å². The molecule has 0 saturated carbocycles. The fourth-order valence-electron chi connectivity index (χ4n) is 1.65. The zero-order valence-corrected chi connectivity index (χ0v) is 9.45. The summed E-state index contributed by atoms with van der Waals surface area (Å²) < 4.78 is 0. The minimum absolute atomic E-state index is 0.488. The summed E-state index contributed by atoms with van der Waals surface area (Å²) in [4.78, 5) is 26.0. The fraction of sp³-hybridized carbons (Fsp3) is 0.364. The smallest absolute Gasteiger partial charge is 0.225 e. The lowest BCUT2D eigenvalue weighted by molar-refractivity contribution is -0.105. The molecule has 90 valence electrons. The predicted molar refractivity (Wildman–Crippen MR) is 62.5 cm³/mol. The topological polar surface area (TPSA) is 58.6 Å². The van der Waals surface area contributed by atoms with Crippen molar-refractivity contribution in [2.45, 2.75) is 0 Å². The van der Waals surface area contributed by atoms with Crippen molar-refractivity contribution in [2.24, 2.45) is 0 Å². The minimum atomic E-state index is 0.488. The second-order valence-electron chi connectivity index (χ2n) is 3.62. The van der Waals surface area contributed by atoms with Gasteiger partial charge in [-0.3, -0.25) is 4.79 Å². The second kappa shape index (κ2) is 5.40. The van der Waals surface area contributed by atoms with Gasteiger partial charge in [-0.05, 0) is 0 Å². The lowest BCUT2D eigenvalue weighted by Crippen LogP contribution is -2.46. The average molecular weight is 234 g/mol. The van der Waals surface area contributed by atoms with Crippen LogP contribution < -0.4 is 4.90 Å². The Morgan fingerprint density at radius 3 is 2.41 bits per heavy atom. The van der Waals surface area contributed by atoms with Crippen LogP contribution >= 0.6 is 0 Å². The van der Waals surface area contributed by atoms with Crippen molar-refractivity contribution in [3.8, 4) is 0 Å². The van der Waals surface area contributed by atoms with Crippen LogP contribution in [0.1, 0.15) is 10.4 Å². The van der Waals surface area contributed by atoms with Crippen LogP contribution in [-0.2, 0) is 4.84 Å². The summed E-state index contributed by atoms with van der Waals surface area (Å²) in [5, 5.41) is 1.84. The van der Waals surface area contributed by atoms with Gasteiger partial charge in [-0.1, -0.05) is 6.58 Å². The Kier molecular flexibility index (Phi) is 3.66. The predicted octanol–water partition coefficient (Wildman–Crippen LogP) is 0.486. The van der Waals surface area contributed by atoms with E-state index in [2.05, 4.69) is 21.4 Å². The van der Waals surface area contributed by atoms with E-state index in [1.165, 1.54) is 18.7 Å². The summed E-state index contributed by atoms with van der Waals surface area (Å²) in [6.07, 6.45) is 5.22. The summed E-state index contributed by atoms with van der Waals surface area (Å²) in [6.45, 7) is 6.63. The molecule has 0 unspecified atom stereocenters. The molecule has 0 spiro atoms. The SMILES string of the molecule is C=CON1CCN(c2ncc(C=O)cn2)CC1. The lowest BCUT2D eigenvalue weighted by Gasteiger charge is -2.32. The van der Waals surface area contributed by atoms with Crippen molar-refractivity contribution >= 4 is 12.2 Å². The first-order chi connectivity index (χ1) is 8.33. The number of piperazine rings is 1. The van der Waals surface area contributed by atoms with Gasteiger partial charge in [0.1, 0.15) is 6.26 Å². The Labute approximate surface area is 99.5 Å². The monoisotopic (exact) mass is 234 g/mol. The van der Waals surface area contributed by atoms with Crippen LogP contribution in [0.3, 0.4) is 0 Å². The van der Waals surface area contributed by atoms with E-state index in [1.807, 2.05) is 5.06 Å². The molecule has 0 atom stereocenters. The highest BCUT2D eigenvalue weighted by Crippen LogP contribution is 2.10. The van der Waals surface area contributed by atoms with E-state index < -0.39 is 0 Å². The maximum absolute atomic E-state index is 10.5. The largest absolute Gasteiger partial charge is 0.414 e. The van der Waals surface area contributed by atoms with Gasteiger partial charge in [0.05, 0.1) is 18.7 Å². The van der Waals surface area contributed by atoms with Gasteiger partial charge in [0.25, 0.3) is 0 Å². The van der Waals surface area contributed by atoms with E-state index >= 15 is 0 Å². The lowest BCUT2D eigenvalue weighted by atomic mass is 10.3. The molecule has 0 bridgehead atoms. The van der Waals surface area contributed by atoms with E-state index in [0.29, 0.717) is 11.5 Å². The maximum atomic E-state index is 10.5. The van der Waals surface area contributed by atoms with Crippen LogP contribution in [0, 0.1) is 0 Å². The number of carbonyl (C=O) groups is 1. The third-order valence-electron chi connectivity index (χ3n) is 2.54. The highest BCUT2D eigenvalue weighted by atomic mass is 16.7. The molecule has 2 heterocycles. The molecular weight excluding hydrogens is 220 g/mol. The molecule has 1 aromatic rings. The molecule has 0 radical (unpaired) electrons. The van der Waals surface area contributed by atoms with Crippen LogP contribution in [0.15, 0.2) is 25.2 Å². The van der Waals surface area contributed by atoms with Crippen LogP contribution in [0.25, 0.3) is 0 Å². The zero-order chi connectivity index (χ0) is 12.1. The van der Waals surface area contributed by atoms with E-state index in [4.69, 9.17) is 4.84 Å². The molecule has 0 aliphatic carbocycles. The molecule has 1 aliphatic heterocycles. The van der Waals surface area contributed by atoms with Crippen LogP contribution in [0.2, 0.25) is 0 Å². The summed E-state index contributed by atoms with van der Waals surface area (Å²) in [6, 6.07) is 0. The molecule has 1 aromatic heterocycles. The Morgan fingerprint density at radius 1 is 1.24 bits per heavy atom. The standard InChI is InChI=1S/C11H14N4O2/c1-2-17-15-5-3-14(4-6-15)11-12-7-10(9-16)8-13-11/h2,7-9H,1,3-6H2.